The van der Waals surface area contributed by atoms with E-state index in [4.69, 9.17) is 26.1 Å². The SMILES string of the molecule is C[C@@H]1CN(c2cc(N3CCN(CC4=C(c5ccc(Cl)cc5)CC(C)(C)CC4)CC3)ccc2C(=O)NS(=O)(=O)c2cc([N+](=O)[O-])c3[nH]c(CN4CCOCC4)cc3c2)c2cc3cc[nH]c3nc2O1. The Labute approximate surface area is 394 Å². The summed E-state index contributed by atoms with van der Waals surface area (Å²) < 4.78 is 42.3. The number of pyridine rings is 1. The van der Waals surface area contributed by atoms with E-state index in [1.807, 2.05) is 48.2 Å². The Kier molecular flexibility index (Phi) is 12.0. The summed E-state index contributed by atoms with van der Waals surface area (Å²) in [6, 6.07) is 21.6. The van der Waals surface area contributed by atoms with Crippen LogP contribution in [0.3, 0.4) is 0 Å². The molecule has 0 spiro atoms. The number of benzene rings is 3. The van der Waals surface area contributed by atoms with Crippen LogP contribution in [-0.4, -0.2) is 116 Å². The molecule has 18 heteroatoms. The van der Waals surface area contributed by atoms with Crippen LogP contribution in [0.2, 0.25) is 5.02 Å². The Balaban J connectivity index is 0.946. The Morgan fingerprint density at radius 1 is 0.940 bits per heavy atom. The molecule has 6 heterocycles. The lowest BCUT2D eigenvalue weighted by Crippen LogP contribution is -2.47. The normalized spacial score (nSPS) is 19.4. The van der Waals surface area contributed by atoms with Crippen molar-refractivity contribution in [1.29, 1.82) is 0 Å². The third-order valence-corrected chi connectivity index (χ3v) is 15.1. The number of nitro groups is 1. The number of morpholine rings is 1. The van der Waals surface area contributed by atoms with Crippen molar-refractivity contribution >= 4 is 77.8 Å². The number of allylic oxidation sites excluding steroid dienone is 1. The maximum atomic E-state index is 14.5. The quantitative estimate of drug-likeness (QED) is 0.0837. The smallest absolute Gasteiger partial charge is 0.294 e. The number of non-ortho nitro benzene ring substituents is 1. The number of hydrogen-bond acceptors (Lipinski definition) is 12. The number of nitrogens with zero attached hydrogens (tertiary/aromatic N) is 6. The van der Waals surface area contributed by atoms with Crippen molar-refractivity contribution in [2.24, 2.45) is 5.41 Å². The van der Waals surface area contributed by atoms with Crippen molar-refractivity contribution in [2.75, 3.05) is 75.4 Å². The zero-order valence-corrected chi connectivity index (χ0v) is 39.4. The first-order valence-electron chi connectivity index (χ1n) is 22.8. The molecule has 2 saturated heterocycles. The molecule has 16 nitrogen and oxygen atoms in total. The van der Waals surface area contributed by atoms with Gasteiger partial charge in [0.05, 0.1) is 40.8 Å². The van der Waals surface area contributed by atoms with Gasteiger partial charge in [-0.25, -0.2) is 13.1 Å². The van der Waals surface area contributed by atoms with Crippen LogP contribution in [0.15, 0.2) is 89.5 Å². The van der Waals surface area contributed by atoms with Gasteiger partial charge in [0, 0.05) is 91.8 Å². The van der Waals surface area contributed by atoms with Crippen LogP contribution in [-0.2, 0) is 21.3 Å². The first-order valence-corrected chi connectivity index (χ1v) is 24.7. The van der Waals surface area contributed by atoms with Crippen LogP contribution in [0.5, 0.6) is 5.88 Å². The number of aromatic amines is 2. The molecule has 3 aromatic carbocycles. The van der Waals surface area contributed by atoms with E-state index in [9.17, 15) is 23.3 Å². The van der Waals surface area contributed by atoms with Gasteiger partial charge in [0.2, 0.25) is 5.88 Å². The predicted molar refractivity (Wildman–Crippen MR) is 260 cm³/mol. The van der Waals surface area contributed by atoms with Gasteiger partial charge in [0.15, 0.2) is 0 Å². The van der Waals surface area contributed by atoms with Crippen LogP contribution in [0, 0.1) is 15.5 Å². The number of nitrogens with one attached hydrogen (secondary N) is 3. The molecule has 0 radical (unpaired) electrons. The highest BCUT2D eigenvalue weighted by Crippen LogP contribution is 2.44. The number of carbonyl (C=O) groups excluding carboxylic acids is 1. The molecule has 2 fully saturated rings. The van der Waals surface area contributed by atoms with Gasteiger partial charge in [-0.3, -0.25) is 24.7 Å². The van der Waals surface area contributed by atoms with Gasteiger partial charge in [0.25, 0.3) is 21.6 Å². The van der Waals surface area contributed by atoms with E-state index in [1.54, 1.807) is 18.3 Å². The molecule has 0 saturated carbocycles. The number of hydrogen-bond donors (Lipinski definition) is 3. The van der Waals surface area contributed by atoms with E-state index in [-0.39, 0.29) is 22.6 Å². The summed E-state index contributed by atoms with van der Waals surface area (Å²) in [5, 5.41) is 14.3. The Hall–Kier alpha value is -5.98. The molecule has 3 aliphatic heterocycles. The zero-order valence-electron chi connectivity index (χ0n) is 37.8. The highest BCUT2D eigenvalue weighted by atomic mass is 35.5. The van der Waals surface area contributed by atoms with Crippen LogP contribution < -0.4 is 19.3 Å². The fraction of sp³-hybridized carbons (Fsp3) is 0.388. The van der Waals surface area contributed by atoms with Gasteiger partial charge in [0.1, 0.15) is 23.0 Å². The highest BCUT2D eigenvalue weighted by Gasteiger charge is 2.34. The van der Waals surface area contributed by atoms with E-state index in [0.717, 1.165) is 74.1 Å². The second-order valence-electron chi connectivity index (χ2n) is 18.9. The van der Waals surface area contributed by atoms with Gasteiger partial charge in [-0.2, -0.15) is 4.98 Å². The highest BCUT2D eigenvalue weighted by molar-refractivity contribution is 7.90. The second-order valence-corrected chi connectivity index (χ2v) is 21.1. The molecule has 0 unspecified atom stereocenters. The molecule has 3 aromatic heterocycles. The number of halogens is 1. The summed E-state index contributed by atoms with van der Waals surface area (Å²) in [5.41, 5.74) is 7.59. The summed E-state index contributed by atoms with van der Waals surface area (Å²) in [7, 11) is -4.62. The summed E-state index contributed by atoms with van der Waals surface area (Å²) in [5.74, 6) is -0.502. The molecule has 0 bridgehead atoms. The minimum absolute atomic E-state index is 0.104. The van der Waals surface area contributed by atoms with E-state index < -0.39 is 31.4 Å². The Bertz CT molecular complexity index is 3030. The molecule has 1 atom stereocenters. The fourth-order valence-corrected chi connectivity index (χ4v) is 11.1. The second kappa shape index (κ2) is 17.9. The molecule has 1 amide bonds. The largest absolute Gasteiger partial charge is 0.471 e. The van der Waals surface area contributed by atoms with Crippen molar-refractivity contribution in [3.8, 4) is 5.88 Å². The average Bonchev–Trinajstić information content (AvgIpc) is 3.95. The predicted octanol–water partition coefficient (Wildman–Crippen LogP) is 8.26. The van der Waals surface area contributed by atoms with Gasteiger partial charge in [-0.15, -0.1) is 0 Å². The van der Waals surface area contributed by atoms with Crippen molar-refractivity contribution in [3.05, 3.63) is 117 Å². The minimum atomic E-state index is -4.62. The lowest BCUT2D eigenvalue weighted by molar-refractivity contribution is -0.383. The van der Waals surface area contributed by atoms with Crippen molar-refractivity contribution < 1.29 is 27.6 Å². The van der Waals surface area contributed by atoms with Gasteiger partial charge in [-0.1, -0.05) is 43.2 Å². The van der Waals surface area contributed by atoms with Crippen molar-refractivity contribution in [1.82, 2.24) is 29.5 Å². The number of aromatic nitrogens is 3. The molecule has 6 aromatic rings. The van der Waals surface area contributed by atoms with E-state index in [1.165, 1.54) is 22.8 Å². The van der Waals surface area contributed by atoms with Crippen LogP contribution in [0.25, 0.3) is 27.5 Å². The Morgan fingerprint density at radius 2 is 1.70 bits per heavy atom. The van der Waals surface area contributed by atoms with Crippen molar-refractivity contribution in [3.63, 3.8) is 0 Å². The maximum Gasteiger partial charge on any atom is 0.294 e. The third kappa shape index (κ3) is 9.35. The van der Waals surface area contributed by atoms with E-state index in [0.29, 0.717) is 73.4 Å². The summed E-state index contributed by atoms with van der Waals surface area (Å²) in [6.07, 6.45) is 4.66. The van der Waals surface area contributed by atoms with Crippen LogP contribution in [0.1, 0.15) is 61.6 Å². The number of nitro benzene ring substituents is 1. The topological polar surface area (TPSA) is 182 Å². The summed E-state index contributed by atoms with van der Waals surface area (Å²) >= 11 is 6.28. The van der Waals surface area contributed by atoms with E-state index >= 15 is 0 Å². The molecule has 4 aliphatic rings. The fourth-order valence-electron chi connectivity index (χ4n) is 9.95. The van der Waals surface area contributed by atoms with Crippen molar-refractivity contribution in [2.45, 2.75) is 57.6 Å². The lowest BCUT2D eigenvalue weighted by atomic mass is 9.72. The molecule has 10 rings (SSSR count). The summed E-state index contributed by atoms with van der Waals surface area (Å²) in [6.45, 7) is 14.0. The first-order chi connectivity index (χ1) is 32.2. The molecular weight excluding hydrogens is 894 g/mol. The first kappa shape index (κ1) is 44.8. The number of amides is 1. The molecule has 1 aliphatic carbocycles. The molecular formula is C49H54ClN9O7S. The average molecular weight is 949 g/mol. The van der Waals surface area contributed by atoms with Gasteiger partial charge >= 0.3 is 0 Å². The third-order valence-electron chi connectivity index (χ3n) is 13.5. The number of anilines is 3. The number of piperazine rings is 1. The molecule has 67 heavy (non-hydrogen) atoms. The van der Waals surface area contributed by atoms with Gasteiger partial charge in [-0.05, 0) is 97.3 Å². The molecule has 350 valence electrons. The number of rotatable bonds is 11. The number of fused-ring (bicyclic) bond motifs is 3. The number of H-pyrrole nitrogens is 2. The monoisotopic (exact) mass is 947 g/mol. The standard InChI is InChI=1S/C49H54ClN9O7S/c1-31-28-58(44-24-33-11-13-51-46(33)53-48(44)66-31)42-25-38(57-16-14-55(15-17-57)29-34-10-12-49(2,3)27-41(34)32-4-6-36(50)7-5-32)8-9-40(42)47(60)54-67(63,64)39-23-35-22-37(30-56-18-20-65-21-19-56)52-45(35)43(26-39)59(61)62/h4-9,11,13,22-26,31,52H,10,12,14-21,27-30H2,1-3H3,(H,51,53)(H,54,60)/t31-/m1/s1. The number of ether oxygens (including phenoxy) is 2. The number of sulfonamides is 1. The number of carbonyl (C=O) groups is 1. The molecule has 3 N–H and O–H groups in total. The van der Waals surface area contributed by atoms with Crippen LogP contribution in [0.4, 0.5) is 22.7 Å². The summed E-state index contributed by atoms with van der Waals surface area (Å²) in [4.78, 5) is 45.8. The lowest BCUT2D eigenvalue weighted by Gasteiger charge is -2.40. The minimum Gasteiger partial charge on any atom is -0.471 e. The van der Waals surface area contributed by atoms with Crippen LogP contribution >= 0.6 is 11.6 Å². The maximum absolute atomic E-state index is 14.5. The Morgan fingerprint density at radius 3 is 2.46 bits per heavy atom. The van der Waals surface area contributed by atoms with Gasteiger partial charge < -0.3 is 29.2 Å². The zero-order chi connectivity index (χ0) is 46.6. The van der Waals surface area contributed by atoms with E-state index in [2.05, 4.69) is 55.4 Å².